The molecule has 5 heteroatoms. The summed E-state index contributed by atoms with van der Waals surface area (Å²) in [4.78, 5) is 6.67. The lowest BCUT2D eigenvalue weighted by Gasteiger charge is -2.22. The Morgan fingerprint density at radius 1 is 1.53 bits per heavy atom. The summed E-state index contributed by atoms with van der Waals surface area (Å²) < 4.78 is 1.86. The van der Waals surface area contributed by atoms with E-state index < -0.39 is 0 Å². The predicted octanol–water partition coefficient (Wildman–Crippen LogP) is 0.917. The maximum atomic E-state index is 4.46. The molecule has 1 atom stereocenters. The van der Waals surface area contributed by atoms with Gasteiger partial charge in [-0.3, -0.25) is 0 Å². The quantitative estimate of drug-likeness (QED) is 0.853. The molecule has 1 N–H and O–H groups in total. The topological polar surface area (TPSA) is 45.5 Å². The molecule has 0 spiro atoms. The third-order valence-corrected chi connectivity index (χ3v) is 3.32. The van der Waals surface area contributed by atoms with Crippen molar-refractivity contribution in [3.8, 4) is 0 Å². The van der Waals surface area contributed by atoms with Crippen LogP contribution in [0.4, 0.5) is 5.82 Å². The van der Waals surface area contributed by atoms with Crippen LogP contribution in [-0.2, 0) is 0 Å². The van der Waals surface area contributed by atoms with Gasteiger partial charge in [-0.15, -0.1) is 0 Å². The number of aromatic nitrogens is 3. The zero-order chi connectivity index (χ0) is 11.7. The van der Waals surface area contributed by atoms with Crippen LogP contribution in [0, 0.1) is 0 Å². The summed E-state index contributed by atoms with van der Waals surface area (Å²) in [5.41, 5.74) is 1.06. The van der Waals surface area contributed by atoms with E-state index >= 15 is 0 Å². The first-order chi connectivity index (χ1) is 8.34. The SMILES string of the molecule is CN(CC1CCCN1)c1nccn2nccc12. The molecule has 0 aromatic carbocycles. The second-order valence-corrected chi connectivity index (χ2v) is 4.59. The van der Waals surface area contributed by atoms with Crippen molar-refractivity contribution < 1.29 is 0 Å². The lowest BCUT2D eigenvalue weighted by Crippen LogP contribution is -2.35. The highest BCUT2D eigenvalue weighted by atomic mass is 15.3. The molecule has 0 aliphatic carbocycles. The van der Waals surface area contributed by atoms with Crippen molar-refractivity contribution in [3.63, 3.8) is 0 Å². The maximum Gasteiger partial charge on any atom is 0.154 e. The minimum atomic E-state index is 0.588. The lowest BCUT2D eigenvalue weighted by atomic mass is 10.2. The van der Waals surface area contributed by atoms with Gasteiger partial charge in [0.15, 0.2) is 5.82 Å². The smallest absolute Gasteiger partial charge is 0.154 e. The van der Waals surface area contributed by atoms with Crippen molar-refractivity contribution in [1.82, 2.24) is 19.9 Å². The number of anilines is 1. The fraction of sp³-hybridized carbons (Fsp3) is 0.500. The molecule has 1 fully saturated rings. The molecule has 1 aliphatic rings. The van der Waals surface area contributed by atoms with Gasteiger partial charge < -0.3 is 10.2 Å². The number of likely N-dealkylation sites (N-methyl/N-ethyl adjacent to an activating group) is 1. The summed E-state index contributed by atoms with van der Waals surface area (Å²) in [5.74, 6) is 0.999. The summed E-state index contributed by atoms with van der Waals surface area (Å²) >= 11 is 0. The Morgan fingerprint density at radius 3 is 3.29 bits per heavy atom. The predicted molar refractivity (Wildman–Crippen MR) is 67.3 cm³/mol. The number of nitrogens with zero attached hydrogens (tertiary/aromatic N) is 4. The number of fused-ring (bicyclic) bond motifs is 1. The van der Waals surface area contributed by atoms with Crippen molar-refractivity contribution >= 4 is 11.3 Å². The molecule has 0 radical (unpaired) electrons. The highest BCUT2D eigenvalue weighted by Gasteiger charge is 2.17. The van der Waals surface area contributed by atoms with E-state index in [2.05, 4.69) is 27.3 Å². The van der Waals surface area contributed by atoms with Gasteiger partial charge >= 0.3 is 0 Å². The van der Waals surface area contributed by atoms with E-state index in [9.17, 15) is 0 Å². The van der Waals surface area contributed by atoms with Crippen LogP contribution < -0.4 is 10.2 Å². The van der Waals surface area contributed by atoms with Crippen molar-refractivity contribution in [1.29, 1.82) is 0 Å². The van der Waals surface area contributed by atoms with E-state index in [1.54, 1.807) is 6.20 Å². The van der Waals surface area contributed by atoms with Gasteiger partial charge in [0.05, 0.1) is 6.20 Å². The largest absolute Gasteiger partial charge is 0.356 e. The second-order valence-electron chi connectivity index (χ2n) is 4.59. The average molecular weight is 231 g/mol. The van der Waals surface area contributed by atoms with Crippen molar-refractivity contribution in [2.75, 3.05) is 25.0 Å². The van der Waals surface area contributed by atoms with Gasteiger partial charge in [-0.05, 0) is 25.5 Å². The summed E-state index contributed by atoms with van der Waals surface area (Å²) in [6.07, 6.45) is 8.02. The van der Waals surface area contributed by atoms with Crippen LogP contribution in [0.15, 0.2) is 24.7 Å². The van der Waals surface area contributed by atoms with Crippen LogP contribution >= 0.6 is 0 Å². The zero-order valence-electron chi connectivity index (χ0n) is 10.0. The van der Waals surface area contributed by atoms with Crippen LogP contribution in [0.3, 0.4) is 0 Å². The Labute approximate surface area is 100 Å². The fourth-order valence-electron chi connectivity index (χ4n) is 2.47. The molecule has 0 bridgehead atoms. The molecule has 5 nitrogen and oxygen atoms in total. The van der Waals surface area contributed by atoms with Crippen molar-refractivity contribution in [2.45, 2.75) is 18.9 Å². The molecule has 0 amide bonds. The first-order valence-corrected chi connectivity index (χ1v) is 6.07. The van der Waals surface area contributed by atoms with Crippen LogP contribution in [-0.4, -0.2) is 40.8 Å². The zero-order valence-corrected chi connectivity index (χ0v) is 10.0. The Morgan fingerprint density at radius 2 is 2.47 bits per heavy atom. The fourth-order valence-corrected chi connectivity index (χ4v) is 2.47. The van der Waals surface area contributed by atoms with Gasteiger partial charge in [-0.2, -0.15) is 5.10 Å². The van der Waals surface area contributed by atoms with Gasteiger partial charge in [0.25, 0.3) is 0 Å². The Bertz CT molecular complexity index is 500. The minimum Gasteiger partial charge on any atom is -0.356 e. The number of nitrogens with one attached hydrogen (secondary N) is 1. The normalized spacial score (nSPS) is 19.9. The van der Waals surface area contributed by atoms with Crippen LogP contribution in [0.5, 0.6) is 0 Å². The minimum absolute atomic E-state index is 0.588. The van der Waals surface area contributed by atoms with Crippen molar-refractivity contribution in [3.05, 3.63) is 24.7 Å². The summed E-state index contributed by atoms with van der Waals surface area (Å²) in [7, 11) is 2.09. The first-order valence-electron chi connectivity index (χ1n) is 6.07. The van der Waals surface area contributed by atoms with E-state index in [4.69, 9.17) is 0 Å². The molecule has 1 aliphatic heterocycles. The molecule has 3 rings (SSSR count). The van der Waals surface area contributed by atoms with Gasteiger partial charge in [-0.25, -0.2) is 9.50 Å². The molecule has 0 saturated carbocycles. The highest BCUT2D eigenvalue weighted by molar-refractivity contribution is 5.67. The summed E-state index contributed by atoms with van der Waals surface area (Å²) in [6, 6.07) is 2.59. The average Bonchev–Trinajstić information content (AvgIpc) is 2.97. The van der Waals surface area contributed by atoms with E-state index in [0.717, 1.165) is 24.4 Å². The Balaban J connectivity index is 1.84. The first kappa shape index (κ1) is 10.5. The Kier molecular flexibility index (Phi) is 2.68. The van der Waals surface area contributed by atoms with E-state index in [0.29, 0.717) is 6.04 Å². The van der Waals surface area contributed by atoms with Gasteiger partial charge in [0.1, 0.15) is 5.52 Å². The lowest BCUT2D eigenvalue weighted by molar-refractivity contribution is 0.597. The molecular formula is C12H17N5. The van der Waals surface area contributed by atoms with Gasteiger partial charge in [-0.1, -0.05) is 0 Å². The molecular weight excluding hydrogens is 214 g/mol. The number of rotatable bonds is 3. The molecule has 1 unspecified atom stereocenters. The van der Waals surface area contributed by atoms with Crippen LogP contribution in [0.2, 0.25) is 0 Å². The van der Waals surface area contributed by atoms with Gasteiger partial charge in [0.2, 0.25) is 0 Å². The van der Waals surface area contributed by atoms with Crippen LogP contribution in [0.1, 0.15) is 12.8 Å². The monoisotopic (exact) mass is 231 g/mol. The summed E-state index contributed by atoms with van der Waals surface area (Å²) in [6.45, 7) is 2.14. The van der Waals surface area contributed by atoms with E-state index in [-0.39, 0.29) is 0 Å². The molecule has 2 aromatic rings. The van der Waals surface area contributed by atoms with Crippen molar-refractivity contribution in [2.24, 2.45) is 0 Å². The third-order valence-electron chi connectivity index (χ3n) is 3.32. The molecule has 17 heavy (non-hydrogen) atoms. The molecule has 2 aromatic heterocycles. The Hall–Kier alpha value is -1.62. The molecule has 1 saturated heterocycles. The van der Waals surface area contributed by atoms with Crippen LogP contribution in [0.25, 0.3) is 5.52 Å². The highest BCUT2D eigenvalue weighted by Crippen LogP contribution is 2.18. The maximum absolute atomic E-state index is 4.46. The van der Waals surface area contributed by atoms with E-state index in [1.165, 1.54) is 12.8 Å². The second kappa shape index (κ2) is 4.33. The number of hydrogen-bond acceptors (Lipinski definition) is 4. The molecule has 3 heterocycles. The third kappa shape index (κ3) is 1.98. The van der Waals surface area contributed by atoms with E-state index in [1.807, 2.05) is 23.0 Å². The molecule has 90 valence electrons. The standard InChI is InChI=1S/C12H17N5/c1-16(9-10-3-2-5-13-10)12-11-4-6-15-17(11)8-7-14-12/h4,6-8,10,13H,2-3,5,9H2,1H3. The number of hydrogen-bond donors (Lipinski definition) is 1. The summed E-state index contributed by atoms with van der Waals surface area (Å²) in [5, 5.41) is 7.74. The van der Waals surface area contributed by atoms with Gasteiger partial charge in [0, 0.05) is 32.0 Å².